The van der Waals surface area contributed by atoms with Gasteiger partial charge in [0.05, 0.1) is 5.92 Å². The van der Waals surface area contributed by atoms with Crippen LogP contribution in [0.25, 0.3) is 0 Å². The van der Waals surface area contributed by atoms with Crippen molar-refractivity contribution in [1.82, 2.24) is 0 Å². The van der Waals surface area contributed by atoms with Crippen molar-refractivity contribution >= 4 is 34.8 Å². The first kappa shape index (κ1) is 20.0. The van der Waals surface area contributed by atoms with E-state index in [0.717, 1.165) is 29.8 Å². The van der Waals surface area contributed by atoms with Gasteiger partial charge in [-0.1, -0.05) is 6.92 Å². The molecule has 6 nitrogen and oxygen atoms in total. The molecule has 8 heteroatoms. The topological polar surface area (TPSA) is 69.7 Å². The molecule has 2 aromatic carbocycles. The van der Waals surface area contributed by atoms with Gasteiger partial charge in [0.15, 0.2) is 11.6 Å². The van der Waals surface area contributed by atoms with Crippen molar-refractivity contribution in [2.24, 2.45) is 5.92 Å². The fourth-order valence-corrected chi connectivity index (χ4v) is 3.96. The molecular formula is C22H21F2N3O3. The number of amides is 3. The number of halogens is 2. The first-order valence-corrected chi connectivity index (χ1v) is 9.87. The van der Waals surface area contributed by atoms with Gasteiger partial charge in [0, 0.05) is 49.1 Å². The molecule has 156 valence electrons. The summed E-state index contributed by atoms with van der Waals surface area (Å²) in [5, 5.41) is 2.54. The van der Waals surface area contributed by atoms with Gasteiger partial charge in [-0.15, -0.1) is 0 Å². The van der Waals surface area contributed by atoms with Crippen LogP contribution in [0.15, 0.2) is 36.4 Å². The molecule has 2 aromatic rings. The lowest BCUT2D eigenvalue weighted by molar-refractivity contribution is -0.122. The van der Waals surface area contributed by atoms with E-state index in [4.69, 9.17) is 0 Å². The van der Waals surface area contributed by atoms with Crippen molar-refractivity contribution < 1.29 is 23.2 Å². The number of hydrogen-bond donors (Lipinski definition) is 1. The van der Waals surface area contributed by atoms with E-state index in [1.807, 2.05) is 19.1 Å². The van der Waals surface area contributed by atoms with Gasteiger partial charge in [-0.25, -0.2) is 8.78 Å². The number of hydrogen-bond acceptors (Lipinski definition) is 3. The fraction of sp³-hybridized carbons (Fsp3) is 0.318. The van der Waals surface area contributed by atoms with Crippen LogP contribution in [-0.4, -0.2) is 30.8 Å². The molecule has 0 unspecified atom stereocenters. The molecule has 2 aliphatic heterocycles. The van der Waals surface area contributed by atoms with E-state index in [0.29, 0.717) is 18.7 Å². The number of fused-ring (bicyclic) bond motifs is 1. The summed E-state index contributed by atoms with van der Waals surface area (Å²) in [5.74, 6) is -3.18. The number of anilines is 3. The van der Waals surface area contributed by atoms with E-state index in [1.54, 1.807) is 15.9 Å². The van der Waals surface area contributed by atoms with Gasteiger partial charge < -0.3 is 15.1 Å². The second kappa shape index (κ2) is 7.85. The Kier molecular flexibility index (Phi) is 5.24. The Morgan fingerprint density at radius 1 is 1.13 bits per heavy atom. The zero-order valence-corrected chi connectivity index (χ0v) is 16.5. The van der Waals surface area contributed by atoms with Crippen LogP contribution in [-0.2, 0) is 20.8 Å². The summed E-state index contributed by atoms with van der Waals surface area (Å²) in [6.45, 7) is 2.65. The van der Waals surface area contributed by atoms with E-state index in [2.05, 4.69) is 5.32 Å². The number of rotatable bonds is 4. The third kappa shape index (κ3) is 3.65. The minimum Gasteiger partial charge on any atom is -0.326 e. The van der Waals surface area contributed by atoms with Crippen molar-refractivity contribution in [3.05, 3.63) is 53.6 Å². The highest BCUT2D eigenvalue weighted by atomic mass is 19.2. The summed E-state index contributed by atoms with van der Waals surface area (Å²) in [6, 6.07) is 8.64. The zero-order chi connectivity index (χ0) is 21.4. The standard InChI is InChI=1S/C22H21F2N3O3/c1-2-20(28)26-8-7-13-9-16(4-6-19(13)26)27-12-14(10-21(27)29)22(30)25-15-3-5-17(23)18(24)11-15/h3-6,9,11,14H,2,7-8,10,12H2,1H3,(H,25,30)/t14-/m0/s1. The third-order valence-corrected chi connectivity index (χ3v) is 5.56. The Labute approximate surface area is 172 Å². The highest BCUT2D eigenvalue weighted by Gasteiger charge is 2.36. The maximum absolute atomic E-state index is 13.3. The second-order valence-electron chi connectivity index (χ2n) is 7.49. The molecule has 2 aliphatic rings. The Balaban J connectivity index is 1.47. The van der Waals surface area contributed by atoms with Crippen LogP contribution in [0.4, 0.5) is 25.8 Å². The van der Waals surface area contributed by atoms with E-state index in [1.165, 1.54) is 6.07 Å². The van der Waals surface area contributed by atoms with Gasteiger partial charge in [0.25, 0.3) is 0 Å². The lowest BCUT2D eigenvalue weighted by Gasteiger charge is -2.20. The molecule has 0 aromatic heterocycles. The van der Waals surface area contributed by atoms with E-state index in [-0.39, 0.29) is 30.5 Å². The largest absolute Gasteiger partial charge is 0.326 e. The highest BCUT2D eigenvalue weighted by Crippen LogP contribution is 2.34. The van der Waals surface area contributed by atoms with Crippen LogP contribution in [0.1, 0.15) is 25.3 Å². The Hall–Kier alpha value is -3.29. The van der Waals surface area contributed by atoms with Crippen LogP contribution in [0, 0.1) is 17.6 Å². The van der Waals surface area contributed by atoms with Crippen molar-refractivity contribution in [1.29, 1.82) is 0 Å². The molecule has 2 heterocycles. The first-order chi connectivity index (χ1) is 14.4. The van der Waals surface area contributed by atoms with E-state index < -0.39 is 23.5 Å². The Bertz CT molecular complexity index is 1040. The van der Waals surface area contributed by atoms with Crippen LogP contribution in [0.3, 0.4) is 0 Å². The molecule has 1 saturated heterocycles. The third-order valence-electron chi connectivity index (χ3n) is 5.56. The highest BCUT2D eigenvalue weighted by molar-refractivity contribution is 6.04. The molecule has 0 radical (unpaired) electrons. The lowest BCUT2D eigenvalue weighted by Crippen LogP contribution is -2.28. The number of carbonyl (C=O) groups is 3. The van der Waals surface area contributed by atoms with Crippen LogP contribution in [0.5, 0.6) is 0 Å². The normalized spacial score (nSPS) is 18.0. The van der Waals surface area contributed by atoms with Gasteiger partial charge in [-0.2, -0.15) is 0 Å². The summed E-state index contributed by atoms with van der Waals surface area (Å²) >= 11 is 0. The minimum absolute atomic E-state index is 0.0348. The van der Waals surface area contributed by atoms with Gasteiger partial charge in [0.1, 0.15) is 0 Å². The monoisotopic (exact) mass is 413 g/mol. The molecule has 0 bridgehead atoms. The molecule has 30 heavy (non-hydrogen) atoms. The van der Waals surface area contributed by atoms with Crippen LogP contribution < -0.4 is 15.1 Å². The number of benzene rings is 2. The van der Waals surface area contributed by atoms with Crippen LogP contribution in [0.2, 0.25) is 0 Å². The average molecular weight is 413 g/mol. The molecule has 0 aliphatic carbocycles. The van der Waals surface area contributed by atoms with Crippen molar-refractivity contribution in [3.8, 4) is 0 Å². The maximum Gasteiger partial charge on any atom is 0.229 e. The zero-order valence-electron chi connectivity index (χ0n) is 16.5. The van der Waals surface area contributed by atoms with Gasteiger partial charge in [0.2, 0.25) is 17.7 Å². The number of carbonyl (C=O) groups excluding carboxylic acids is 3. The fourth-order valence-electron chi connectivity index (χ4n) is 3.96. The maximum atomic E-state index is 13.3. The molecule has 3 amide bonds. The summed E-state index contributed by atoms with van der Waals surface area (Å²) in [6.07, 6.45) is 1.19. The van der Waals surface area contributed by atoms with Gasteiger partial charge in [-0.3, -0.25) is 14.4 Å². The minimum atomic E-state index is -1.05. The molecular weight excluding hydrogens is 392 g/mol. The van der Waals surface area contributed by atoms with Gasteiger partial charge in [-0.05, 0) is 42.3 Å². The van der Waals surface area contributed by atoms with Crippen molar-refractivity contribution in [2.75, 3.05) is 28.2 Å². The van der Waals surface area contributed by atoms with E-state index in [9.17, 15) is 23.2 Å². The van der Waals surface area contributed by atoms with Crippen molar-refractivity contribution in [3.63, 3.8) is 0 Å². The summed E-state index contributed by atoms with van der Waals surface area (Å²) in [5.41, 5.74) is 2.69. The SMILES string of the molecule is CCC(=O)N1CCc2cc(N3C[C@@H](C(=O)Nc4ccc(F)c(F)c4)CC3=O)ccc21. The number of nitrogens with one attached hydrogen (secondary N) is 1. The Morgan fingerprint density at radius 2 is 1.93 bits per heavy atom. The van der Waals surface area contributed by atoms with Crippen molar-refractivity contribution in [2.45, 2.75) is 26.2 Å². The molecule has 1 fully saturated rings. The summed E-state index contributed by atoms with van der Waals surface area (Å²) < 4.78 is 26.4. The molecule has 1 N–H and O–H groups in total. The molecule has 0 saturated carbocycles. The molecule has 1 atom stereocenters. The lowest BCUT2D eigenvalue weighted by atomic mass is 10.1. The predicted octanol–water partition coefficient (Wildman–Crippen LogP) is 3.26. The second-order valence-corrected chi connectivity index (χ2v) is 7.49. The summed E-state index contributed by atoms with van der Waals surface area (Å²) in [7, 11) is 0. The first-order valence-electron chi connectivity index (χ1n) is 9.87. The van der Waals surface area contributed by atoms with E-state index >= 15 is 0 Å². The predicted molar refractivity (Wildman–Crippen MR) is 108 cm³/mol. The molecule has 0 spiro atoms. The average Bonchev–Trinajstić information content (AvgIpc) is 3.33. The van der Waals surface area contributed by atoms with Gasteiger partial charge >= 0.3 is 0 Å². The summed E-state index contributed by atoms with van der Waals surface area (Å²) in [4.78, 5) is 40.4. The molecule has 4 rings (SSSR count). The quantitative estimate of drug-likeness (QED) is 0.837. The number of nitrogens with zero attached hydrogens (tertiary/aromatic N) is 2. The van der Waals surface area contributed by atoms with Crippen LogP contribution >= 0.6 is 0 Å². The smallest absolute Gasteiger partial charge is 0.229 e. The Morgan fingerprint density at radius 3 is 2.67 bits per heavy atom.